The standard InChI is InChI=1S/C14H17NO/c1-3-11-10(9-15)7-8-13-12(11)5-4-6-14(13)16-2/h4-8H,3,9,15H2,1-2H3. The van der Waals surface area contributed by atoms with E-state index in [0.29, 0.717) is 6.54 Å². The minimum atomic E-state index is 0.594. The molecule has 0 saturated carbocycles. The second-order valence-electron chi connectivity index (χ2n) is 3.82. The highest BCUT2D eigenvalue weighted by Crippen LogP contribution is 2.30. The lowest BCUT2D eigenvalue weighted by atomic mass is 9.96. The highest BCUT2D eigenvalue weighted by atomic mass is 16.5. The van der Waals surface area contributed by atoms with Crippen molar-refractivity contribution in [3.05, 3.63) is 41.5 Å². The van der Waals surface area contributed by atoms with Crippen LogP contribution in [0.1, 0.15) is 18.1 Å². The summed E-state index contributed by atoms with van der Waals surface area (Å²) < 4.78 is 5.37. The number of rotatable bonds is 3. The second kappa shape index (κ2) is 4.54. The maximum atomic E-state index is 5.76. The van der Waals surface area contributed by atoms with Crippen LogP contribution in [0.25, 0.3) is 10.8 Å². The first-order valence-electron chi connectivity index (χ1n) is 5.59. The lowest BCUT2D eigenvalue weighted by Crippen LogP contribution is -2.01. The predicted octanol–water partition coefficient (Wildman–Crippen LogP) is 2.87. The SMILES string of the molecule is CCc1c(CN)ccc2c(OC)cccc12. The Morgan fingerprint density at radius 2 is 1.94 bits per heavy atom. The molecule has 0 fully saturated rings. The van der Waals surface area contributed by atoms with Gasteiger partial charge in [-0.15, -0.1) is 0 Å². The van der Waals surface area contributed by atoms with Crippen LogP contribution in [0.5, 0.6) is 5.75 Å². The monoisotopic (exact) mass is 215 g/mol. The third kappa shape index (κ3) is 1.65. The molecule has 2 aromatic carbocycles. The van der Waals surface area contributed by atoms with Gasteiger partial charge in [0.1, 0.15) is 5.75 Å². The van der Waals surface area contributed by atoms with E-state index in [4.69, 9.17) is 10.5 Å². The first-order valence-corrected chi connectivity index (χ1v) is 5.59. The highest BCUT2D eigenvalue weighted by molar-refractivity contribution is 5.91. The fraction of sp³-hybridized carbons (Fsp3) is 0.286. The number of hydrogen-bond acceptors (Lipinski definition) is 2. The van der Waals surface area contributed by atoms with Crippen molar-refractivity contribution in [3.8, 4) is 5.75 Å². The van der Waals surface area contributed by atoms with Crippen LogP contribution in [0.2, 0.25) is 0 Å². The molecule has 0 aliphatic carbocycles. The van der Waals surface area contributed by atoms with Gasteiger partial charge in [0, 0.05) is 11.9 Å². The van der Waals surface area contributed by atoms with Crippen LogP contribution in [0.15, 0.2) is 30.3 Å². The molecule has 2 aromatic rings. The molecule has 16 heavy (non-hydrogen) atoms. The smallest absolute Gasteiger partial charge is 0.126 e. The van der Waals surface area contributed by atoms with Crippen molar-refractivity contribution in [1.29, 1.82) is 0 Å². The second-order valence-corrected chi connectivity index (χ2v) is 3.82. The number of benzene rings is 2. The molecule has 2 nitrogen and oxygen atoms in total. The minimum Gasteiger partial charge on any atom is -0.496 e. The highest BCUT2D eigenvalue weighted by Gasteiger charge is 2.07. The molecule has 0 spiro atoms. The number of methoxy groups -OCH3 is 1. The van der Waals surface area contributed by atoms with Gasteiger partial charge in [0.2, 0.25) is 0 Å². The van der Waals surface area contributed by atoms with Gasteiger partial charge in [-0.25, -0.2) is 0 Å². The number of nitrogens with two attached hydrogens (primary N) is 1. The van der Waals surface area contributed by atoms with Crippen LogP contribution in [0.4, 0.5) is 0 Å². The molecular weight excluding hydrogens is 198 g/mol. The summed E-state index contributed by atoms with van der Waals surface area (Å²) in [5.74, 6) is 0.927. The van der Waals surface area contributed by atoms with E-state index in [1.165, 1.54) is 21.9 Å². The van der Waals surface area contributed by atoms with Crippen LogP contribution >= 0.6 is 0 Å². The van der Waals surface area contributed by atoms with E-state index in [1.54, 1.807) is 7.11 Å². The van der Waals surface area contributed by atoms with Gasteiger partial charge in [-0.2, -0.15) is 0 Å². The Balaban J connectivity index is 2.78. The summed E-state index contributed by atoms with van der Waals surface area (Å²) in [5.41, 5.74) is 8.31. The summed E-state index contributed by atoms with van der Waals surface area (Å²) in [7, 11) is 1.71. The van der Waals surface area contributed by atoms with E-state index < -0.39 is 0 Å². The molecule has 2 rings (SSSR count). The van der Waals surface area contributed by atoms with Gasteiger partial charge in [0.15, 0.2) is 0 Å². The lowest BCUT2D eigenvalue weighted by molar-refractivity contribution is 0.420. The largest absolute Gasteiger partial charge is 0.496 e. The average molecular weight is 215 g/mol. The van der Waals surface area contributed by atoms with Crippen molar-refractivity contribution in [3.63, 3.8) is 0 Å². The van der Waals surface area contributed by atoms with Gasteiger partial charge in [-0.05, 0) is 29.0 Å². The number of aryl methyl sites for hydroxylation is 1. The molecule has 0 heterocycles. The van der Waals surface area contributed by atoms with E-state index >= 15 is 0 Å². The summed E-state index contributed by atoms with van der Waals surface area (Å²) in [6.45, 7) is 2.75. The summed E-state index contributed by atoms with van der Waals surface area (Å²) >= 11 is 0. The average Bonchev–Trinajstić information content (AvgIpc) is 2.36. The third-order valence-corrected chi connectivity index (χ3v) is 3.02. The van der Waals surface area contributed by atoms with Crippen LogP contribution in [0.3, 0.4) is 0 Å². The van der Waals surface area contributed by atoms with Crippen molar-refractivity contribution in [2.75, 3.05) is 7.11 Å². The molecule has 0 bridgehead atoms. The zero-order valence-electron chi connectivity index (χ0n) is 9.79. The number of fused-ring (bicyclic) bond motifs is 1. The Bertz CT molecular complexity index is 505. The molecule has 2 N–H and O–H groups in total. The predicted molar refractivity (Wildman–Crippen MR) is 67.8 cm³/mol. The Morgan fingerprint density at radius 1 is 1.12 bits per heavy atom. The summed E-state index contributed by atoms with van der Waals surface area (Å²) in [6.07, 6.45) is 0.997. The summed E-state index contributed by atoms with van der Waals surface area (Å²) in [5, 5.41) is 2.42. The molecule has 0 aliphatic heterocycles. The fourth-order valence-electron chi connectivity index (χ4n) is 2.22. The molecule has 0 aliphatic rings. The quantitative estimate of drug-likeness (QED) is 0.854. The number of hydrogen-bond donors (Lipinski definition) is 1. The zero-order chi connectivity index (χ0) is 11.5. The maximum Gasteiger partial charge on any atom is 0.126 e. The lowest BCUT2D eigenvalue weighted by Gasteiger charge is -2.12. The zero-order valence-corrected chi connectivity index (χ0v) is 9.79. The molecule has 0 amide bonds. The van der Waals surface area contributed by atoms with Crippen LogP contribution in [0, 0.1) is 0 Å². The Morgan fingerprint density at radius 3 is 2.56 bits per heavy atom. The van der Waals surface area contributed by atoms with Gasteiger partial charge in [0.25, 0.3) is 0 Å². The van der Waals surface area contributed by atoms with Crippen molar-refractivity contribution < 1.29 is 4.74 Å². The van der Waals surface area contributed by atoms with E-state index in [1.807, 2.05) is 12.1 Å². The van der Waals surface area contributed by atoms with E-state index in [2.05, 4.69) is 25.1 Å². The van der Waals surface area contributed by atoms with Crippen LogP contribution in [-0.4, -0.2) is 7.11 Å². The van der Waals surface area contributed by atoms with Gasteiger partial charge in [0.05, 0.1) is 7.11 Å². The molecular formula is C14H17NO. The van der Waals surface area contributed by atoms with Gasteiger partial charge >= 0.3 is 0 Å². The van der Waals surface area contributed by atoms with E-state index in [9.17, 15) is 0 Å². The van der Waals surface area contributed by atoms with E-state index in [0.717, 1.165) is 12.2 Å². The molecule has 0 aromatic heterocycles. The summed E-state index contributed by atoms with van der Waals surface area (Å²) in [4.78, 5) is 0. The van der Waals surface area contributed by atoms with Crippen molar-refractivity contribution in [2.24, 2.45) is 5.73 Å². The first kappa shape index (κ1) is 11.0. The Hall–Kier alpha value is -1.54. The van der Waals surface area contributed by atoms with Crippen molar-refractivity contribution >= 4 is 10.8 Å². The first-order chi connectivity index (χ1) is 7.81. The van der Waals surface area contributed by atoms with Crippen LogP contribution in [-0.2, 0) is 13.0 Å². The Kier molecular flexibility index (Phi) is 3.11. The van der Waals surface area contributed by atoms with E-state index in [-0.39, 0.29) is 0 Å². The third-order valence-electron chi connectivity index (χ3n) is 3.02. The molecule has 84 valence electrons. The minimum absolute atomic E-state index is 0.594. The van der Waals surface area contributed by atoms with Gasteiger partial charge in [-0.3, -0.25) is 0 Å². The molecule has 0 radical (unpaired) electrons. The topological polar surface area (TPSA) is 35.2 Å². The molecule has 0 saturated heterocycles. The van der Waals surface area contributed by atoms with Crippen molar-refractivity contribution in [1.82, 2.24) is 0 Å². The number of ether oxygens (including phenoxy) is 1. The maximum absolute atomic E-state index is 5.76. The molecule has 0 atom stereocenters. The van der Waals surface area contributed by atoms with Gasteiger partial charge < -0.3 is 10.5 Å². The van der Waals surface area contributed by atoms with Crippen LogP contribution < -0.4 is 10.5 Å². The normalized spacial score (nSPS) is 10.7. The fourth-order valence-corrected chi connectivity index (χ4v) is 2.22. The molecule has 2 heteroatoms. The summed E-state index contributed by atoms with van der Waals surface area (Å²) in [6, 6.07) is 10.3. The Labute approximate surface area is 96.0 Å². The van der Waals surface area contributed by atoms with Gasteiger partial charge in [-0.1, -0.05) is 31.2 Å². The van der Waals surface area contributed by atoms with Crippen molar-refractivity contribution in [2.45, 2.75) is 19.9 Å². The molecule has 0 unspecified atom stereocenters.